The number of aromatic amines is 1. The predicted octanol–water partition coefficient (Wildman–Crippen LogP) is 5.48. The van der Waals surface area contributed by atoms with E-state index in [0.29, 0.717) is 16.7 Å². The summed E-state index contributed by atoms with van der Waals surface area (Å²) in [7, 11) is 0. The second kappa shape index (κ2) is 8.03. The van der Waals surface area contributed by atoms with Crippen LogP contribution in [0.1, 0.15) is 15.9 Å². The van der Waals surface area contributed by atoms with Crippen molar-refractivity contribution >= 4 is 50.2 Å². The average Bonchev–Trinajstić information content (AvgIpc) is 3.16. The molecule has 2 heterocycles. The molecule has 2 amide bonds. The summed E-state index contributed by atoms with van der Waals surface area (Å²) in [5, 5.41) is 5.27. The van der Waals surface area contributed by atoms with Crippen LogP contribution in [0.3, 0.4) is 0 Å². The van der Waals surface area contributed by atoms with Gasteiger partial charge in [-0.15, -0.1) is 0 Å². The van der Waals surface area contributed by atoms with E-state index < -0.39 is 29.0 Å². The fraction of sp³-hybridized carbons (Fsp3) is 0. The van der Waals surface area contributed by atoms with Crippen molar-refractivity contribution in [2.75, 3.05) is 10.6 Å². The average molecular weight is 471 g/mol. The number of ketones is 1. The van der Waals surface area contributed by atoms with Crippen LogP contribution in [-0.2, 0) is 0 Å². The molecule has 0 spiro atoms. The van der Waals surface area contributed by atoms with E-state index in [9.17, 15) is 18.4 Å². The molecule has 0 unspecified atom stereocenters. The molecular formula is C21H13BrF2N4O2. The number of aromatic nitrogens is 2. The van der Waals surface area contributed by atoms with Crippen molar-refractivity contribution in [3.05, 3.63) is 88.2 Å². The first kappa shape index (κ1) is 19.7. The van der Waals surface area contributed by atoms with E-state index in [-0.39, 0.29) is 11.3 Å². The van der Waals surface area contributed by atoms with E-state index in [1.165, 1.54) is 12.4 Å². The van der Waals surface area contributed by atoms with Crippen LogP contribution >= 0.6 is 15.9 Å². The number of anilines is 2. The molecule has 30 heavy (non-hydrogen) atoms. The number of pyridine rings is 1. The summed E-state index contributed by atoms with van der Waals surface area (Å²) in [6.07, 6.45) is 2.88. The molecule has 2 aromatic carbocycles. The smallest absolute Gasteiger partial charge is 0.323 e. The zero-order chi connectivity index (χ0) is 21.3. The Morgan fingerprint density at radius 1 is 1.00 bits per heavy atom. The fourth-order valence-electron chi connectivity index (χ4n) is 2.95. The molecule has 9 heteroatoms. The molecule has 0 aliphatic carbocycles. The van der Waals surface area contributed by atoms with Crippen LogP contribution in [0.25, 0.3) is 11.0 Å². The molecule has 3 N–H and O–H groups in total. The Bertz CT molecular complexity index is 1270. The van der Waals surface area contributed by atoms with Crippen LogP contribution < -0.4 is 10.6 Å². The van der Waals surface area contributed by atoms with Gasteiger partial charge in [-0.3, -0.25) is 4.79 Å². The van der Waals surface area contributed by atoms with Crippen LogP contribution in [-0.4, -0.2) is 21.8 Å². The summed E-state index contributed by atoms with van der Waals surface area (Å²) < 4.78 is 30.2. The standard InChI is InChI=1S/C21H13BrF2N4O2/c22-11-3-5-12(6-4-11)27-21(30)28-16-8-7-15(23)17(18(16)24)19(29)14-10-26-20-13(14)2-1-9-25-20/h1-10H,(H,25,26)(H2,27,28,30). The molecule has 150 valence electrons. The lowest BCUT2D eigenvalue weighted by atomic mass is 10.0. The zero-order valence-corrected chi connectivity index (χ0v) is 16.8. The number of carbonyl (C=O) groups is 2. The van der Waals surface area contributed by atoms with Crippen molar-refractivity contribution in [3.8, 4) is 0 Å². The highest BCUT2D eigenvalue weighted by Crippen LogP contribution is 2.27. The number of hydrogen-bond acceptors (Lipinski definition) is 3. The minimum absolute atomic E-state index is 0.0763. The summed E-state index contributed by atoms with van der Waals surface area (Å²) >= 11 is 3.28. The maximum absolute atomic E-state index is 15.0. The number of H-pyrrole nitrogens is 1. The maximum Gasteiger partial charge on any atom is 0.323 e. The highest BCUT2D eigenvalue weighted by Gasteiger charge is 2.24. The molecule has 4 aromatic rings. The number of benzene rings is 2. The van der Waals surface area contributed by atoms with Crippen molar-refractivity contribution in [1.29, 1.82) is 0 Å². The summed E-state index contributed by atoms with van der Waals surface area (Å²) in [4.78, 5) is 31.9. The summed E-state index contributed by atoms with van der Waals surface area (Å²) in [5.41, 5.74) is -0.119. The Morgan fingerprint density at radius 2 is 1.77 bits per heavy atom. The summed E-state index contributed by atoms with van der Waals surface area (Å²) in [5.74, 6) is -3.06. The van der Waals surface area contributed by atoms with E-state index in [1.807, 2.05) is 0 Å². The Morgan fingerprint density at radius 3 is 2.53 bits per heavy atom. The van der Waals surface area contributed by atoms with Gasteiger partial charge in [0.15, 0.2) is 5.82 Å². The third kappa shape index (κ3) is 3.79. The Kier molecular flexibility index (Phi) is 5.28. The predicted molar refractivity (Wildman–Crippen MR) is 113 cm³/mol. The van der Waals surface area contributed by atoms with Gasteiger partial charge in [0.05, 0.1) is 11.3 Å². The molecule has 0 atom stereocenters. The van der Waals surface area contributed by atoms with E-state index >= 15 is 0 Å². The van der Waals surface area contributed by atoms with Crippen LogP contribution in [0.2, 0.25) is 0 Å². The molecule has 0 aliphatic heterocycles. The molecule has 0 saturated heterocycles. The number of rotatable bonds is 4. The van der Waals surface area contributed by atoms with Gasteiger partial charge in [0.2, 0.25) is 5.78 Å². The van der Waals surface area contributed by atoms with Gasteiger partial charge < -0.3 is 15.6 Å². The second-order valence-electron chi connectivity index (χ2n) is 6.30. The first-order valence-corrected chi connectivity index (χ1v) is 9.51. The summed E-state index contributed by atoms with van der Waals surface area (Å²) in [6, 6.07) is 11.2. The largest absolute Gasteiger partial charge is 0.345 e. The molecule has 4 rings (SSSR count). The number of halogens is 3. The van der Waals surface area contributed by atoms with Gasteiger partial charge in [0, 0.05) is 33.5 Å². The maximum atomic E-state index is 15.0. The molecule has 0 aliphatic rings. The van der Waals surface area contributed by atoms with Crippen LogP contribution in [0.4, 0.5) is 25.0 Å². The number of nitrogens with one attached hydrogen (secondary N) is 3. The SMILES string of the molecule is O=C(Nc1ccc(Br)cc1)Nc1ccc(F)c(C(=O)c2c[nH]c3ncccc23)c1F. The molecule has 2 aromatic heterocycles. The topological polar surface area (TPSA) is 86.9 Å². The van der Waals surface area contributed by atoms with Crippen LogP contribution in [0.15, 0.2) is 65.4 Å². The third-order valence-corrected chi connectivity index (χ3v) is 4.89. The van der Waals surface area contributed by atoms with Gasteiger partial charge >= 0.3 is 6.03 Å². The van der Waals surface area contributed by atoms with Crippen LogP contribution in [0, 0.1) is 11.6 Å². The lowest BCUT2D eigenvalue weighted by Crippen LogP contribution is -2.21. The van der Waals surface area contributed by atoms with Gasteiger partial charge in [-0.1, -0.05) is 15.9 Å². The minimum atomic E-state index is -1.16. The number of urea groups is 1. The van der Waals surface area contributed by atoms with Gasteiger partial charge in [-0.2, -0.15) is 0 Å². The van der Waals surface area contributed by atoms with Gasteiger partial charge in [0.1, 0.15) is 11.5 Å². The highest BCUT2D eigenvalue weighted by molar-refractivity contribution is 9.10. The van der Waals surface area contributed by atoms with Crippen molar-refractivity contribution in [3.63, 3.8) is 0 Å². The molecule has 0 saturated carbocycles. The first-order chi connectivity index (χ1) is 14.4. The minimum Gasteiger partial charge on any atom is -0.345 e. The van der Waals surface area contributed by atoms with Gasteiger partial charge in [0.25, 0.3) is 0 Å². The Labute approximate surface area is 177 Å². The molecule has 6 nitrogen and oxygen atoms in total. The molecule has 0 radical (unpaired) electrons. The Balaban J connectivity index is 1.62. The van der Waals surface area contributed by atoms with E-state index in [2.05, 4.69) is 36.5 Å². The normalized spacial score (nSPS) is 10.8. The number of fused-ring (bicyclic) bond motifs is 1. The fourth-order valence-corrected chi connectivity index (χ4v) is 3.22. The zero-order valence-electron chi connectivity index (χ0n) is 15.2. The summed E-state index contributed by atoms with van der Waals surface area (Å²) in [6.45, 7) is 0. The van der Waals surface area contributed by atoms with Gasteiger partial charge in [-0.05, 0) is 48.5 Å². The lowest BCUT2D eigenvalue weighted by Gasteiger charge is -2.11. The van der Waals surface area contributed by atoms with E-state index in [1.54, 1.807) is 36.4 Å². The monoisotopic (exact) mass is 470 g/mol. The Hall–Kier alpha value is -3.59. The van der Waals surface area contributed by atoms with Crippen molar-refractivity contribution < 1.29 is 18.4 Å². The lowest BCUT2D eigenvalue weighted by molar-refractivity contribution is 0.103. The van der Waals surface area contributed by atoms with Gasteiger partial charge in [-0.25, -0.2) is 18.6 Å². The van der Waals surface area contributed by atoms with Crippen molar-refractivity contribution in [2.45, 2.75) is 0 Å². The second-order valence-corrected chi connectivity index (χ2v) is 7.22. The third-order valence-electron chi connectivity index (χ3n) is 4.36. The quantitative estimate of drug-likeness (QED) is 0.345. The van der Waals surface area contributed by atoms with Crippen LogP contribution in [0.5, 0.6) is 0 Å². The van der Waals surface area contributed by atoms with Crippen molar-refractivity contribution in [1.82, 2.24) is 9.97 Å². The molecule has 0 fully saturated rings. The first-order valence-electron chi connectivity index (χ1n) is 8.72. The number of amides is 2. The highest BCUT2D eigenvalue weighted by atomic mass is 79.9. The number of hydrogen-bond donors (Lipinski definition) is 3. The number of nitrogens with zero attached hydrogens (tertiary/aromatic N) is 1. The number of carbonyl (C=O) groups excluding carboxylic acids is 2. The molecule has 0 bridgehead atoms. The van der Waals surface area contributed by atoms with Crippen molar-refractivity contribution in [2.24, 2.45) is 0 Å². The van der Waals surface area contributed by atoms with E-state index in [4.69, 9.17) is 0 Å². The van der Waals surface area contributed by atoms with E-state index in [0.717, 1.165) is 16.6 Å². The molecular weight excluding hydrogens is 458 g/mol.